The first-order chi connectivity index (χ1) is 10.4. The molecule has 0 radical (unpaired) electrons. The Morgan fingerprint density at radius 1 is 1.55 bits per heavy atom. The van der Waals surface area contributed by atoms with Gasteiger partial charge in [0.05, 0.1) is 12.3 Å². The third-order valence-corrected chi connectivity index (χ3v) is 4.17. The Labute approximate surface area is 131 Å². The van der Waals surface area contributed by atoms with Crippen molar-refractivity contribution < 1.29 is 9.90 Å². The summed E-state index contributed by atoms with van der Waals surface area (Å²) >= 11 is 0. The number of likely N-dealkylation sites (N-methyl/N-ethyl adjacent to an activating group) is 1. The molecule has 2 heterocycles. The summed E-state index contributed by atoms with van der Waals surface area (Å²) in [6.07, 6.45) is 3.25. The van der Waals surface area contributed by atoms with E-state index in [0.717, 1.165) is 12.1 Å². The largest absolute Gasteiger partial charge is 0.392 e. The van der Waals surface area contributed by atoms with Gasteiger partial charge < -0.3 is 15.3 Å². The van der Waals surface area contributed by atoms with Gasteiger partial charge in [0.1, 0.15) is 6.04 Å². The van der Waals surface area contributed by atoms with Crippen molar-refractivity contribution >= 4 is 5.91 Å². The standard InChI is InChI=1S/C15H27N5O2/c1-11-8-20(6-5-19(11)9-12(2)21)15(22)14(16-3)13-7-17-18(4)10-13/h7,10-12,14,16,21H,5-6,8-9H2,1-4H3. The van der Waals surface area contributed by atoms with E-state index in [4.69, 9.17) is 0 Å². The normalized spacial score (nSPS) is 22.6. The molecule has 7 nitrogen and oxygen atoms in total. The van der Waals surface area contributed by atoms with Crippen LogP contribution in [0.1, 0.15) is 25.5 Å². The van der Waals surface area contributed by atoms with E-state index >= 15 is 0 Å². The van der Waals surface area contributed by atoms with Gasteiger partial charge in [-0.25, -0.2) is 0 Å². The Morgan fingerprint density at radius 3 is 2.77 bits per heavy atom. The van der Waals surface area contributed by atoms with E-state index in [1.807, 2.05) is 18.1 Å². The third kappa shape index (κ3) is 3.85. The van der Waals surface area contributed by atoms with Crippen molar-refractivity contribution in [3.05, 3.63) is 18.0 Å². The second kappa shape index (κ2) is 7.21. The lowest BCUT2D eigenvalue weighted by molar-refractivity contribution is -0.136. The molecular formula is C15H27N5O2. The molecular weight excluding hydrogens is 282 g/mol. The summed E-state index contributed by atoms with van der Waals surface area (Å²) in [6, 6.07) is -0.108. The molecule has 1 aromatic heterocycles. The van der Waals surface area contributed by atoms with Gasteiger partial charge in [0, 0.05) is 51.0 Å². The quantitative estimate of drug-likeness (QED) is 0.774. The number of aliphatic hydroxyl groups excluding tert-OH is 1. The topological polar surface area (TPSA) is 73.6 Å². The number of carbonyl (C=O) groups excluding carboxylic acids is 1. The number of aliphatic hydroxyl groups is 1. The highest BCUT2D eigenvalue weighted by atomic mass is 16.3. The van der Waals surface area contributed by atoms with Gasteiger partial charge in [-0.3, -0.25) is 14.4 Å². The zero-order valence-electron chi connectivity index (χ0n) is 13.9. The average Bonchev–Trinajstić information content (AvgIpc) is 2.87. The number of hydrogen-bond donors (Lipinski definition) is 2. The molecule has 3 atom stereocenters. The number of amides is 1. The van der Waals surface area contributed by atoms with Crippen LogP contribution in [0, 0.1) is 0 Å². The van der Waals surface area contributed by atoms with Crippen LogP contribution in [-0.4, -0.2) is 76.0 Å². The van der Waals surface area contributed by atoms with Gasteiger partial charge in [0.2, 0.25) is 5.91 Å². The molecule has 2 N–H and O–H groups in total. The van der Waals surface area contributed by atoms with Crippen LogP contribution in [0.4, 0.5) is 0 Å². The van der Waals surface area contributed by atoms with Gasteiger partial charge in [-0.2, -0.15) is 5.10 Å². The van der Waals surface area contributed by atoms with Crippen LogP contribution in [0.2, 0.25) is 0 Å². The predicted octanol–water partition coefficient (Wildman–Crippen LogP) is -0.406. The summed E-state index contributed by atoms with van der Waals surface area (Å²) in [6.45, 7) is 6.71. The highest BCUT2D eigenvalue weighted by molar-refractivity contribution is 5.83. The zero-order valence-corrected chi connectivity index (χ0v) is 13.9. The zero-order chi connectivity index (χ0) is 16.3. The van der Waals surface area contributed by atoms with Crippen molar-refractivity contribution in [3.63, 3.8) is 0 Å². The van der Waals surface area contributed by atoms with Crippen molar-refractivity contribution in [2.24, 2.45) is 7.05 Å². The first-order valence-electron chi connectivity index (χ1n) is 7.79. The number of aromatic nitrogens is 2. The van der Waals surface area contributed by atoms with Crippen LogP contribution in [-0.2, 0) is 11.8 Å². The highest BCUT2D eigenvalue weighted by Crippen LogP contribution is 2.18. The van der Waals surface area contributed by atoms with Crippen LogP contribution < -0.4 is 5.32 Å². The Balaban J connectivity index is 2.01. The number of nitrogens with zero attached hydrogens (tertiary/aromatic N) is 4. The summed E-state index contributed by atoms with van der Waals surface area (Å²) in [4.78, 5) is 16.9. The first-order valence-corrected chi connectivity index (χ1v) is 7.79. The Bertz CT molecular complexity index is 502. The average molecular weight is 309 g/mol. The molecule has 1 aliphatic rings. The fraction of sp³-hybridized carbons (Fsp3) is 0.733. The first kappa shape index (κ1) is 16.9. The van der Waals surface area contributed by atoms with E-state index in [2.05, 4.69) is 22.2 Å². The third-order valence-electron chi connectivity index (χ3n) is 4.17. The van der Waals surface area contributed by atoms with E-state index < -0.39 is 0 Å². The number of rotatable bonds is 5. The van der Waals surface area contributed by atoms with Gasteiger partial charge >= 0.3 is 0 Å². The molecule has 0 bridgehead atoms. The van der Waals surface area contributed by atoms with Gasteiger partial charge in [0.25, 0.3) is 0 Å². The smallest absolute Gasteiger partial charge is 0.244 e. The molecule has 1 aromatic rings. The van der Waals surface area contributed by atoms with Gasteiger partial charge in [-0.1, -0.05) is 0 Å². The maximum Gasteiger partial charge on any atom is 0.244 e. The summed E-state index contributed by atoms with van der Waals surface area (Å²) < 4.78 is 1.70. The highest BCUT2D eigenvalue weighted by Gasteiger charge is 2.31. The van der Waals surface area contributed by atoms with E-state index in [1.165, 1.54) is 0 Å². The molecule has 1 fully saturated rings. The van der Waals surface area contributed by atoms with Crippen LogP contribution in [0.5, 0.6) is 0 Å². The fourth-order valence-electron chi connectivity index (χ4n) is 3.01. The lowest BCUT2D eigenvalue weighted by Gasteiger charge is -2.41. The lowest BCUT2D eigenvalue weighted by atomic mass is 10.1. The second-order valence-electron chi connectivity index (χ2n) is 6.15. The van der Waals surface area contributed by atoms with Gasteiger partial charge in [-0.05, 0) is 20.9 Å². The molecule has 1 aliphatic heterocycles. The molecule has 22 heavy (non-hydrogen) atoms. The Kier molecular flexibility index (Phi) is 5.55. The fourth-order valence-corrected chi connectivity index (χ4v) is 3.01. The Hall–Kier alpha value is -1.44. The number of hydrogen-bond acceptors (Lipinski definition) is 5. The molecule has 0 saturated carbocycles. The van der Waals surface area contributed by atoms with E-state index in [0.29, 0.717) is 19.6 Å². The van der Waals surface area contributed by atoms with Crippen molar-refractivity contribution in [1.29, 1.82) is 0 Å². The maximum absolute atomic E-state index is 12.8. The maximum atomic E-state index is 12.8. The number of carbonyl (C=O) groups is 1. The van der Waals surface area contributed by atoms with Crippen molar-refractivity contribution in [1.82, 2.24) is 24.9 Å². The lowest BCUT2D eigenvalue weighted by Crippen LogP contribution is -2.56. The molecule has 1 saturated heterocycles. The minimum absolute atomic E-state index is 0.0825. The molecule has 1 amide bonds. The van der Waals surface area contributed by atoms with Crippen LogP contribution in [0.15, 0.2) is 12.4 Å². The predicted molar refractivity (Wildman–Crippen MR) is 84.3 cm³/mol. The monoisotopic (exact) mass is 309 g/mol. The minimum Gasteiger partial charge on any atom is -0.392 e. The van der Waals surface area contributed by atoms with E-state index in [-0.39, 0.29) is 24.1 Å². The summed E-state index contributed by atoms with van der Waals surface area (Å²) in [5.74, 6) is 0.0825. The van der Waals surface area contributed by atoms with Crippen LogP contribution >= 0.6 is 0 Å². The van der Waals surface area contributed by atoms with Crippen molar-refractivity contribution in [2.75, 3.05) is 33.2 Å². The SMILES string of the molecule is CNC(C(=O)N1CCN(CC(C)O)C(C)C1)c1cnn(C)c1. The molecule has 7 heteroatoms. The summed E-state index contributed by atoms with van der Waals surface area (Å²) in [5.41, 5.74) is 0.883. The van der Waals surface area contributed by atoms with E-state index in [1.54, 1.807) is 24.9 Å². The summed E-state index contributed by atoms with van der Waals surface area (Å²) in [7, 11) is 3.64. The molecule has 3 unspecified atom stereocenters. The molecule has 124 valence electrons. The molecule has 0 aromatic carbocycles. The van der Waals surface area contributed by atoms with Gasteiger partial charge in [-0.15, -0.1) is 0 Å². The summed E-state index contributed by atoms with van der Waals surface area (Å²) in [5, 5.41) is 16.8. The molecule has 2 rings (SSSR count). The van der Waals surface area contributed by atoms with Crippen molar-refractivity contribution in [3.8, 4) is 0 Å². The second-order valence-corrected chi connectivity index (χ2v) is 6.15. The van der Waals surface area contributed by atoms with E-state index in [9.17, 15) is 9.90 Å². The van der Waals surface area contributed by atoms with Crippen LogP contribution in [0.3, 0.4) is 0 Å². The number of nitrogens with one attached hydrogen (secondary N) is 1. The molecule has 0 spiro atoms. The van der Waals surface area contributed by atoms with Crippen LogP contribution in [0.25, 0.3) is 0 Å². The van der Waals surface area contributed by atoms with Gasteiger partial charge in [0.15, 0.2) is 0 Å². The molecule has 0 aliphatic carbocycles. The number of aryl methyl sites for hydroxylation is 1. The van der Waals surface area contributed by atoms with Crippen molar-refractivity contribution in [2.45, 2.75) is 32.0 Å². The number of β-amino-alcohol motifs (C(OH)–C–C–N with tert-alkyl or cyclic N) is 1. The number of piperazine rings is 1. The Morgan fingerprint density at radius 2 is 2.27 bits per heavy atom. The minimum atomic E-state index is -0.357.